The van der Waals surface area contributed by atoms with Crippen molar-refractivity contribution < 1.29 is 29.4 Å². The van der Waals surface area contributed by atoms with Crippen LogP contribution in [0.15, 0.2) is 12.5 Å². The lowest BCUT2D eigenvalue weighted by molar-refractivity contribution is -0.142. The maximum atomic E-state index is 12.8. The van der Waals surface area contributed by atoms with Crippen molar-refractivity contribution in [1.82, 2.24) is 25.9 Å². The maximum Gasteiger partial charge on any atom is 0.326 e. The summed E-state index contributed by atoms with van der Waals surface area (Å²) in [6.07, 6.45) is 5.45. The Morgan fingerprint density at radius 1 is 1.09 bits per heavy atom. The number of hydrogen-bond donors (Lipinski definition) is 7. The fourth-order valence-electron chi connectivity index (χ4n) is 2.94. The van der Waals surface area contributed by atoms with E-state index in [9.17, 15) is 29.4 Å². The largest absolute Gasteiger partial charge is 0.480 e. The highest BCUT2D eigenvalue weighted by molar-refractivity contribution is 7.98. The minimum atomic E-state index is -1.38. The molecule has 0 aromatic carbocycles. The highest BCUT2D eigenvalue weighted by Gasteiger charge is 2.30. The van der Waals surface area contributed by atoms with E-state index in [0.717, 1.165) is 0 Å². The molecule has 0 bridgehead atoms. The van der Waals surface area contributed by atoms with E-state index in [1.807, 2.05) is 20.1 Å². The molecule has 3 amide bonds. The van der Waals surface area contributed by atoms with Crippen molar-refractivity contribution in [3.63, 3.8) is 0 Å². The molecular formula is C20H34N6O6S. The molecule has 0 aliphatic carbocycles. The van der Waals surface area contributed by atoms with Gasteiger partial charge in [0.1, 0.15) is 18.1 Å². The minimum Gasteiger partial charge on any atom is -0.480 e. The zero-order valence-corrected chi connectivity index (χ0v) is 19.9. The molecule has 0 saturated heterocycles. The highest BCUT2D eigenvalue weighted by Crippen LogP contribution is 2.07. The lowest BCUT2D eigenvalue weighted by Gasteiger charge is -2.25. The second-order valence-electron chi connectivity index (χ2n) is 8.00. The van der Waals surface area contributed by atoms with Crippen LogP contribution in [0.2, 0.25) is 0 Å². The SMILES string of the molecule is CSCCC(NC(=O)C(CO)NC(=O)C(CC(C)C)NC(=O)C(N)Cc1cnc[nH]1)C(=O)O. The number of aromatic nitrogens is 2. The first-order chi connectivity index (χ1) is 15.6. The van der Waals surface area contributed by atoms with Crippen LogP contribution >= 0.6 is 11.8 Å². The summed E-state index contributed by atoms with van der Waals surface area (Å²) in [6, 6.07) is -4.46. The number of thioether (sulfide) groups is 1. The molecule has 1 aromatic heterocycles. The Hall–Kier alpha value is -2.64. The number of aliphatic carboxylic acids is 1. The van der Waals surface area contributed by atoms with Crippen molar-refractivity contribution in [2.75, 3.05) is 18.6 Å². The second-order valence-corrected chi connectivity index (χ2v) is 8.99. The molecule has 1 aromatic rings. The van der Waals surface area contributed by atoms with Gasteiger partial charge in [-0.1, -0.05) is 13.8 Å². The van der Waals surface area contributed by atoms with Crippen molar-refractivity contribution in [2.24, 2.45) is 11.7 Å². The number of hydrogen-bond acceptors (Lipinski definition) is 8. The van der Waals surface area contributed by atoms with Gasteiger partial charge in [-0.2, -0.15) is 11.8 Å². The zero-order chi connectivity index (χ0) is 25.0. The number of aliphatic hydroxyl groups excluding tert-OH is 1. The molecule has 0 saturated carbocycles. The fraction of sp³-hybridized carbons (Fsp3) is 0.650. The van der Waals surface area contributed by atoms with Gasteiger partial charge in [-0.05, 0) is 30.8 Å². The van der Waals surface area contributed by atoms with Gasteiger partial charge in [-0.15, -0.1) is 0 Å². The number of aliphatic hydroxyl groups is 1. The number of carbonyl (C=O) groups is 4. The van der Waals surface area contributed by atoms with Crippen molar-refractivity contribution >= 4 is 35.5 Å². The Kier molecular flexibility index (Phi) is 12.5. The number of rotatable bonds is 15. The molecule has 33 heavy (non-hydrogen) atoms. The number of aromatic amines is 1. The third-order valence-electron chi connectivity index (χ3n) is 4.71. The molecule has 13 heteroatoms. The highest BCUT2D eigenvalue weighted by atomic mass is 32.2. The predicted molar refractivity (Wildman–Crippen MR) is 123 cm³/mol. The van der Waals surface area contributed by atoms with Gasteiger partial charge in [-0.25, -0.2) is 9.78 Å². The molecule has 12 nitrogen and oxygen atoms in total. The minimum absolute atomic E-state index is 0.0224. The average Bonchev–Trinajstić information content (AvgIpc) is 3.26. The van der Waals surface area contributed by atoms with Crippen molar-refractivity contribution in [3.8, 4) is 0 Å². The van der Waals surface area contributed by atoms with Crippen molar-refractivity contribution in [1.29, 1.82) is 0 Å². The first-order valence-electron chi connectivity index (χ1n) is 10.6. The van der Waals surface area contributed by atoms with E-state index in [4.69, 9.17) is 5.73 Å². The van der Waals surface area contributed by atoms with Gasteiger partial charge < -0.3 is 36.9 Å². The molecule has 4 unspecified atom stereocenters. The summed E-state index contributed by atoms with van der Waals surface area (Å²) in [7, 11) is 0. The number of carbonyl (C=O) groups excluding carboxylic acids is 3. The first-order valence-corrected chi connectivity index (χ1v) is 11.9. The van der Waals surface area contributed by atoms with Gasteiger partial charge in [-0.3, -0.25) is 14.4 Å². The maximum absolute atomic E-state index is 12.8. The van der Waals surface area contributed by atoms with Crippen LogP contribution in [0.4, 0.5) is 0 Å². The molecule has 0 aliphatic rings. The third kappa shape index (κ3) is 10.2. The molecule has 0 radical (unpaired) electrons. The summed E-state index contributed by atoms with van der Waals surface area (Å²) in [5.41, 5.74) is 6.59. The van der Waals surface area contributed by atoms with Gasteiger partial charge in [0.15, 0.2) is 0 Å². The fourth-order valence-corrected chi connectivity index (χ4v) is 3.41. The Morgan fingerprint density at radius 3 is 2.21 bits per heavy atom. The van der Waals surface area contributed by atoms with E-state index in [1.54, 1.807) is 6.20 Å². The van der Waals surface area contributed by atoms with E-state index < -0.39 is 54.5 Å². The number of nitrogens with two attached hydrogens (primary N) is 1. The lowest BCUT2D eigenvalue weighted by Crippen LogP contribution is -2.58. The number of carboxylic acid groups (broad SMARTS) is 1. The number of nitrogens with one attached hydrogen (secondary N) is 4. The van der Waals surface area contributed by atoms with E-state index in [0.29, 0.717) is 11.4 Å². The topological polar surface area (TPSA) is 200 Å². The van der Waals surface area contributed by atoms with Crippen LogP contribution in [-0.4, -0.2) is 86.7 Å². The molecule has 8 N–H and O–H groups in total. The van der Waals surface area contributed by atoms with Gasteiger partial charge in [0.25, 0.3) is 0 Å². The van der Waals surface area contributed by atoms with Crippen molar-refractivity contribution in [2.45, 2.75) is 57.3 Å². The standard InChI is InChI=1S/C20H34N6O6S/c1-11(2)6-15(25-17(28)13(21)7-12-8-22-10-23-12)18(29)26-16(9-27)19(30)24-14(20(31)32)4-5-33-3/h8,10-11,13-16,27H,4-7,9,21H2,1-3H3,(H,22,23)(H,24,30)(H,25,28)(H,26,29)(H,31,32). The van der Waals surface area contributed by atoms with Crippen LogP contribution in [0, 0.1) is 5.92 Å². The van der Waals surface area contributed by atoms with Gasteiger partial charge >= 0.3 is 5.97 Å². The summed E-state index contributed by atoms with van der Waals surface area (Å²) >= 11 is 1.43. The third-order valence-corrected chi connectivity index (χ3v) is 5.36. The average molecular weight is 487 g/mol. The van der Waals surface area contributed by atoms with Crippen LogP contribution in [0.1, 0.15) is 32.4 Å². The monoisotopic (exact) mass is 486 g/mol. The van der Waals surface area contributed by atoms with E-state index in [-0.39, 0.29) is 25.2 Å². The summed E-state index contributed by atoms with van der Waals surface area (Å²) in [6.45, 7) is 2.97. The molecule has 4 atom stereocenters. The van der Waals surface area contributed by atoms with E-state index in [1.165, 1.54) is 18.1 Å². The first kappa shape index (κ1) is 28.4. The van der Waals surface area contributed by atoms with Crippen LogP contribution in [0.5, 0.6) is 0 Å². The zero-order valence-electron chi connectivity index (χ0n) is 19.0. The van der Waals surface area contributed by atoms with E-state index in [2.05, 4.69) is 25.9 Å². The number of amides is 3. The Labute approximate surface area is 196 Å². The Morgan fingerprint density at radius 2 is 1.70 bits per heavy atom. The molecule has 1 heterocycles. The van der Waals surface area contributed by atoms with Crippen LogP contribution in [0.25, 0.3) is 0 Å². The quantitative estimate of drug-likeness (QED) is 0.156. The lowest BCUT2D eigenvalue weighted by atomic mass is 10.0. The van der Waals surface area contributed by atoms with Crippen LogP contribution in [-0.2, 0) is 25.6 Å². The van der Waals surface area contributed by atoms with Gasteiger partial charge in [0.2, 0.25) is 17.7 Å². The molecule has 0 spiro atoms. The summed E-state index contributed by atoms with van der Waals surface area (Å²) in [4.78, 5) is 55.9. The number of nitrogens with zero attached hydrogens (tertiary/aromatic N) is 1. The number of carboxylic acids is 1. The number of H-pyrrole nitrogens is 1. The van der Waals surface area contributed by atoms with Gasteiger partial charge in [0.05, 0.1) is 19.0 Å². The molecule has 186 valence electrons. The van der Waals surface area contributed by atoms with Crippen LogP contribution < -0.4 is 21.7 Å². The smallest absolute Gasteiger partial charge is 0.326 e. The molecule has 0 fully saturated rings. The molecule has 0 aliphatic heterocycles. The number of imidazole rings is 1. The van der Waals surface area contributed by atoms with E-state index >= 15 is 0 Å². The Bertz CT molecular complexity index is 775. The normalized spacial score (nSPS) is 14.7. The Balaban J connectivity index is 2.80. The summed E-state index contributed by atoms with van der Waals surface area (Å²) < 4.78 is 0. The summed E-state index contributed by atoms with van der Waals surface area (Å²) in [5.74, 6) is -2.75. The second kappa shape index (κ2) is 14.5. The van der Waals surface area contributed by atoms with Crippen LogP contribution in [0.3, 0.4) is 0 Å². The molecular weight excluding hydrogens is 452 g/mol. The van der Waals surface area contributed by atoms with Crippen molar-refractivity contribution in [3.05, 3.63) is 18.2 Å². The van der Waals surface area contributed by atoms with Gasteiger partial charge in [0, 0.05) is 18.3 Å². The summed E-state index contributed by atoms with van der Waals surface area (Å²) in [5, 5.41) is 26.2. The molecule has 1 rings (SSSR count). The predicted octanol–water partition coefficient (Wildman–Crippen LogP) is -1.39.